The summed E-state index contributed by atoms with van der Waals surface area (Å²) in [6.07, 6.45) is 1.95. The molecule has 0 bridgehead atoms. The molecule has 3 aromatic heterocycles. The molecule has 0 spiro atoms. The number of rotatable bonds is 1. The van der Waals surface area contributed by atoms with Crippen LogP contribution in [0.1, 0.15) is 11.1 Å². The molecule has 0 radical (unpaired) electrons. The normalized spacial score (nSPS) is 12.3. The molecular formula is C33H22N2. The van der Waals surface area contributed by atoms with Crippen LogP contribution in [-0.2, 0) is 0 Å². The molecule has 3 heterocycles. The molecule has 2 heteroatoms. The Morgan fingerprint density at radius 2 is 1.43 bits per heavy atom. The van der Waals surface area contributed by atoms with E-state index >= 15 is 0 Å². The zero-order valence-electron chi connectivity index (χ0n) is 19.6. The SMILES string of the molecule is Cc1ccc2c(C)c3c(cc2c1)c1nccc2ccc4c5ccc(-c6ccccc6)cc5n3c4c21. The van der Waals surface area contributed by atoms with E-state index in [1.807, 2.05) is 6.20 Å². The van der Waals surface area contributed by atoms with Crippen LogP contribution in [0, 0.1) is 13.8 Å². The van der Waals surface area contributed by atoms with Crippen molar-refractivity contribution in [3.63, 3.8) is 0 Å². The number of nitrogens with zero attached hydrogens (tertiary/aromatic N) is 2. The second-order valence-electron chi connectivity index (χ2n) is 9.78. The van der Waals surface area contributed by atoms with Crippen molar-refractivity contribution in [1.29, 1.82) is 0 Å². The summed E-state index contributed by atoms with van der Waals surface area (Å²) < 4.78 is 2.51. The van der Waals surface area contributed by atoms with Gasteiger partial charge in [-0.2, -0.15) is 0 Å². The van der Waals surface area contributed by atoms with Crippen LogP contribution in [-0.4, -0.2) is 9.38 Å². The molecule has 0 amide bonds. The Morgan fingerprint density at radius 3 is 2.31 bits per heavy atom. The highest BCUT2D eigenvalue weighted by Crippen LogP contribution is 2.43. The van der Waals surface area contributed by atoms with Crippen LogP contribution in [0.3, 0.4) is 0 Å². The van der Waals surface area contributed by atoms with Crippen LogP contribution >= 0.6 is 0 Å². The number of benzene rings is 5. The number of aryl methyl sites for hydroxylation is 2. The van der Waals surface area contributed by atoms with E-state index < -0.39 is 0 Å². The van der Waals surface area contributed by atoms with E-state index in [1.54, 1.807) is 0 Å². The van der Waals surface area contributed by atoms with Gasteiger partial charge in [0.05, 0.1) is 22.1 Å². The molecule has 0 aliphatic heterocycles. The minimum atomic E-state index is 1.09. The minimum Gasteiger partial charge on any atom is -0.308 e. The molecule has 0 fully saturated rings. The number of aromatic nitrogens is 2. The van der Waals surface area contributed by atoms with Gasteiger partial charge in [0, 0.05) is 27.7 Å². The Bertz CT molecular complexity index is 2110. The van der Waals surface area contributed by atoms with E-state index in [9.17, 15) is 0 Å². The highest BCUT2D eigenvalue weighted by atomic mass is 14.9. The predicted molar refractivity (Wildman–Crippen MR) is 149 cm³/mol. The van der Waals surface area contributed by atoms with Gasteiger partial charge in [-0.1, -0.05) is 78.4 Å². The quantitative estimate of drug-likeness (QED) is 0.182. The first-order chi connectivity index (χ1) is 17.2. The van der Waals surface area contributed by atoms with Gasteiger partial charge in [-0.25, -0.2) is 0 Å². The summed E-state index contributed by atoms with van der Waals surface area (Å²) in [5.41, 5.74) is 9.92. The number of hydrogen-bond acceptors (Lipinski definition) is 1. The van der Waals surface area contributed by atoms with E-state index in [2.05, 4.69) is 109 Å². The van der Waals surface area contributed by atoms with Crippen LogP contribution in [0.4, 0.5) is 0 Å². The van der Waals surface area contributed by atoms with Gasteiger partial charge < -0.3 is 4.40 Å². The molecule has 0 N–H and O–H groups in total. The lowest BCUT2D eigenvalue weighted by Gasteiger charge is -2.16. The number of fused-ring (bicyclic) bond motifs is 7. The Balaban J connectivity index is 1.69. The molecule has 5 aromatic carbocycles. The van der Waals surface area contributed by atoms with Gasteiger partial charge in [-0.05, 0) is 64.9 Å². The standard InChI is InChI=1S/C33H22N2/c1-19-8-11-25-20(2)32-28(17-24(25)16-19)31-30-22(14-15-34-31)9-13-27-26-12-10-23(21-6-4-3-5-7-21)18-29(26)35(32)33(27)30/h3-18H,1-2H3. The molecule has 0 atom stereocenters. The third kappa shape index (κ3) is 2.41. The fourth-order valence-corrected chi connectivity index (χ4v) is 6.18. The number of hydrogen-bond donors (Lipinski definition) is 0. The second kappa shape index (κ2) is 6.58. The molecular weight excluding hydrogens is 424 g/mol. The predicted octanol–water partition coefficient (Wildman–Crippen LogP) is 8.82. The average Bonchev–Trinajstić information content (AvgIpc) is 3.23. The Labute approximate surface area is 202 Å². The Hall–Kier alpha value is -4.43. The Morgan fingerprint density at radius 1 is 0.600 bits per heavy atom. The van der Waals surface area contributed by atoms with Crippen molar-refractivity contribution < 1.29 is 0 Å². The first-order valence-electron chi connectivity index (χ1n) is 12.1. The largest absolute Gasteiger partial charge is 0.308 e. The second-order valence-corrected chi connectivity index (χ2v) is 9.78. The summed E-state index contributed by atoms with van der Waals surface area (Å²) in [7, 11) is 0. The van der Waals surface area contributed by atoms with Gasteiger partial charge in [-0.15, -0.1) is 0 Å². The van der Waals surface area contributed by atoms with Gasteiger partial charge in [0.2, 0.25) is 0 Å². The number of pyridine rings is 2. The molecule has 0 saturated heterocycles. The van der Waals surface area contributed by atoms with Crippen molar-refractivity contribution in [2.75, 3.05) is 0 Å². The summed E-state index contributed by atoms with van der Waals surface area (Å²) in [5.74, 6) is 0. The lowest BCUT2D eigenvalue weighted by Crippen LogP contribution is -1.97. The fraction of sp³-hybridized carbons (Fsp3) is 0.0606. The zero-order chi connectivity index (χ0) is 23.3. The summed E-state index contributed by atoms with van der Waals surface area (Å²) >= 11 is 0. The minimum absolute atomic E-state index is 1.09. The van der Waals surface area contributed by atoms with E-state index in [4.69, 9.17) is 4.98 Å². The third-order valence-electron chi connectivity index (χ3n) is 7.76. The van der Waals surface area contributed by atoms with Crippen molar-refractivity contribution >= 4 is 59.8 Å². The van der Waals surface area contributed by atoms with Crippen molar-refractivity contribution in [3.05, 3.63) is 108 Å². The van der Waals surface area contributed by atoms with Crippen molar-refractivity contribution in [2.45, 2.75) is 13.8 Å². The van der Waals surface area contributed by atoms with Gasteiger partial charge in [0.1, 0.15) is 0 Å². The summed E-state index contributed by atoms with van der Waals surface area (Å²) in [5, 5.41) is 8.85. The van der Waals surface area contributed by atoms with Crippen LogP contribution in [0.2, 0.25) is 0 Å². The maximum Gasteiger partial charge on any atom is 0.0823 e. The average molecular weight is 447 g/mol. The lowest BCUT2D eigenvalue weighted by atomic mass is 9.96. The maximum atomic E-state index is 4.95. The van der Waals surface area contributed by atoms with E-state index in [0.717, 1.165) is 5.52 Å². The molecule has 0 aliphatic carbocycles. The first kappa shape index (κ1) is 18.9. The highest BCUT2D eigenvalue weighted by Gasteiger charge is 2.21. The molecule has 2 nitrogen and oxygen atoms in total. The van der Waals surface area contributed by atoms with E-state index in [0.29, 0.717) is 0 Å². The Kier molecular flexibility index (Phi) is 3.56. The first-order valence-corrected chi connectivity index (χ1v) is 12.1. The zero-order valence-corrected chi connectivity index (χ0v) is 19.6. The van der Waals surface area contributed by atoms with Crippen LogP contribution < -0.4 is 0 Å². The molecule has 8 rings (SSSR count). The van der Waals surface area contributed by atoms with E-state index in [-0.39, 0.29) is 0 Å². The van der Waals surface area contributed by atoms with Crippen LogP contribution in [0.25, 0.3) is 70.9 Å². The van der Waals surface area contributed by atoms with Crippen LogP contribution in [0.15, 0.2) is 97.2 Å². The molecule has 0 saturated carbocycles. The van der Waals surface area contributed by atoms with Crippen molar-refractivity contribution in [3.8, 4) is 11.1 Å². The monoisotopic (exact) mass is 446 g/mol. The highest BCUT2D eigenvalue weighted by molar-refractivity contribution is 6.29. The van der Waals surface area contributed by atoms with Crippen molar-refractivity contribution in [2.24, 2.45) is 0 Å². The summed E-state index contributed by atoms with van der Waals surface area (Å²) in [6.45, 7) is 4.43. The maximum absolute atomic E-state index is 4.95. The summed E-state index contributed by atoms with van der Waals surface area (Å²) in [4.78, 5) is 4.95. The van der Waals surface area contributed by atoms with Crippen molar-refractivity contribution in [1.82, 2.24) is 9.38 Å². The molecule has 0 unspecified atom stereocenters. The van der Waals surface area contributed by atoms with Gasteiger partial charge in [-0.3, -0.25) is 4.98 Å². The van der Waals surface area contributed by atoms with Gasteiger partial charge in [0.25, 0.3) is 0 Å². The molecule has 0 aliphatic rings. The fourth-order valence-electron chi connectivity index (χ4n) is 6.18. The topological polar surface area (TPSA) is 17.3 Å². The van der Waals surface area contributed by atoms with Gasteiger partial charge in [0.15, 0.2) is 0 Å². The van der Waals surface area contributed by atoms with Crippen LogP contribution in [0.5, 0.6) is 0 Å². The smallest absolute Gasteiger partial charge is 0.0823 e. The lowest BCUT2D eigenvalue weighted by molar-refractivity contribution is 1.32. The van der Waals surface area contributed by atoms with Gasteiger partial charge >= 0.3 is 0 Å². The third-order valence-corrected chi connectivity index (χ3v) is 7.76. The molecule has 164 valence electrons. The molecule has 8 aromatic rings. The summed E-state index contributed by atoms with van der Waals surface area (Å²) in [6, 6.07) is 33.4. The molecule has 35 heavy (non-hydrogen) atoms. The van der Waals surface area contributed by atoms with E-state index in [1.165, 1.54) is 76.5 Å².